The summed E-state index contributed by atoms with van der Waals surface area (Å²) in [6, 6.07) is 3.89. The molecule has 0 saturated heterocycles. The first-order valence-corrected chi connectivity index (χ1v) is 6.19. The van der Waals surface area contributed by atoms with E-state index in [2.05, 4.69) is 0 Å². The number of rotatable bonds is 2. The van der Waals surface area contributed by atoms with Gasteiger partial charge in [0.15, 0.2) is 0 Å². The second kappa shape index (κ2) is 4.66. The number of nitrogens with zero attached hydrogens (tertiary/aromatic N) is 2. The number of hydrogen-bond acceptors (Lipinski definition) is 7. The maximum absolute atomic E-state index is 12.2. The van der Waals surface area contributed by atoms with E-state index in [1.807, 2.05) is 5.32 Å². The van der Waals surface area contributed by atoms with Crippen LogP contribution in [0.2, 0.25) is 0 Å². The summed E-state index contributed by atoms with van der Waals surface area (Å²) in [4.78, 5) is 45.6. The Hall–Kier alpha value is -3.69. The molecular formula is C13H8N4O6. The number of aromatic nitrogens is 1. The molecule has 116 valence electrons. The van der Waals surface area contributed by atoms with E-state index >= 15 is 0 Å². The molecule has 3 rings (SSSR count). The number of amides is 2. The number of benzene rings is 1. The largest absolute Gasteiger partial charge is 0.508 e. The highest BCUT2D eigenvalue weighted by molar-refractivity contribution is 6.23. The van der Waals surface area contributed by atoms with Gasteiger partial charge in [-0.25, -0.2) is 0 Å². The number of phenols is 1. The van der Waals surface area contributed by atoms with Crippen molar-refractivity contribution in [2.24, 2.45) is 0 Å². The summed E-state index contributed by atoms with van der Waals surface area (Å²) in [6.45, 7) is 0. The smallest absolute Gasteiger partial charge is 0.275 e. The van der Waals surface area contributed by atoms with E-state index in [-0.39, 0.29) is 22.6 Å². The van der Waals surface area contributed by atoms with Crippen LogP contribution in [0.1, 0.15) is 20.7 Å². The standard InChI is InChI=1S/C13H8N4O6/c14-11-10-8(12(20)15-13(10)21)4-9(19)16(11)5-1-6(17(22)23)3-7(18)2-5/h1-4,18H,14H2,(H,15,20,21). The van der Waals surface area contributed by atoms with E-state index in [0.29, 0.717) is 0 Å². The number of imide groups is 1. The average Bonchev–Trinajstić information content (AvgIpc) is 2.73. The average molecular weight is 316 g/mol. The van der Waals surface area contributed by atoms with Gasteiger partial charge in [0.25, 0.3) is 23.1 Å². The van der Waals surface area contributed by atoms with Gasteiger partial charge in [-0.05, 0) is 0 Å². The minimum Gasteiger partial charge on any atom is -0.508 e. The lowest BCUT2D eigenvalue weighted by molar-refractivity contribution is -0.384. The predicted molar refractivity (Wildman–Crippen MR) is 76.6 cm³/mol. The van der Waals surface area contributed by atoms with Gasteiger partial charge in [-0.3, -0.25) is 34.4 Å². The summed E-state index contributed by atoms with van der Waals surface area (Å²) in [5, 5.41) is 22.4. The summed E-state index contributed by atoms with van der Waals surface area (Å²) in [6.07, 6.45) is 0. The first kappa shape index (κ1) is 14.3. The molecule has 2 aromatic rings. The SMILES string of the molecule is Nc1c2c(cc(=O)n1-c1cc(O)cc([N+](=O)[O-])c1)C(=O)NC2=O. The number of carbonyl (C=O) groups excluding carboxylic acids is 2. The highest BCUT2D eigenvalue weighted by Gasteiger charge is 2.32. The highest BCUT2D eigenvalue weighted by atomic mass is 16.6. The molecule has 0 saturated carbocycles. The molecule has 1 aromatic heterocycles. The maximum Gasteiger partial charge on any atom is 0.275 e. The summed E-state index contributed by atoms with van der Waals surface area (Å²) in [5.41, 5.74) is 4.10. The van der Waals surface area contributed by atoms with E-state index in [0.717, 1.165) is 28.8 Å². The number of pyridine rings is 1. The molecule has 1 aliphatic rings. The lowest BCUT2D eigenvalue weighted by atomic mass is 10.1. The van der Waals surface area contributed by atoms with E-state index in [1.165, 1.54) is 0 Å². The fraction of sp³-hybridized carbons (Fsp3) is 0. The monoisotopic (exact) mass is 316 g/mol. The molecule has 23 heavy (non-hydrogen) atoms. The number of non-ortho nitro benzene ring substituents is 1. The van der Waals surface area contributed by atoms with Crippen LogP contribution in [0.5, 0.6) is 5.75 Å². The summed E-state index contributed by atoms with van der Waals surface area (Å²) in [7, 11) is 0. The van der Waals surface area contributed by atoms with E-state index in [9.17, 15) is 29.6 Å². The van der Waals surface area contributed by atoms with Crippen molar-refractivity contribution in [3.8, 4) is 11.4 Å². The number of hydrogen-bond donors (Lipinski definition) is 3. The van der Waals surface area contributed by atoms with Crippen molar-refractivity contribution in [3.05, 3.63) is 55.9 Å². The number of nitrogen functional groups attached to an aromatic ring is 1. The lowest BCUT2D eigenvalue weighted by Crippen LogP contribution is -2.24. The van der Waals surface area contributed by atoms with E-state index in [1.54, 1.807) is 0 Å². The lowest BCUT2D eigenvalue weighted by Gasteiger charge is -2.12. The van der Waals surface area contributed by atoms with Crippen molar-refractivity contribution in [3.63, 3.8) is 0 Å². The number of nitro groups is 1. The molecule has 2 heterocycles. The molecule has 2 amide bonds. The van der Waals surface area contributed by atoms with Crippen LogP contribution in [0.4, 0.5) is 11.5 Å². The zero-order valence-electron chi connectivity index (χ0n) is 11.3. The molecule has 10 nitrogen and oxygen atoms in total. The van der Waals surface area contributed by atoms with Crippen molar-refractivity contribution in [1.29, 1.82) is 0 Å². The number of anilines is 1. The van der Waals surface area contributed by atoms with Crippen LogP contribution in [0.25, 0.3) is 5.69 Å². The molecule has 0 bridgehead atoms. The fourth-order valence-electron chi connectivity index (χ4n) is 2.36. The zero-order valence-corrected chi connectivity index (χ0v) is 11.3. The topological polar surface area (TPSA) is 158 Å². The van der Waals surface area contributed by atoms with Crippen molar-refractivity contribution < 1.29 is 19.6 Å². The van der Waals surface area contributed by atoms with Gasteiger partial charge in [-0.15, -0.1) is 0 Å². The first-order chi connectivity index (χ1) is 10.8. The molecular weight excluding hydrogens is 308 g/mol. The zero-order chi connectivity index (χ0) is 16.9. The van der Waals surface area contributed by atoms with Crippen molar-refractivity contribution in [1.82, 2.24) is 9.88 Å². The van der Waals surface area contributed by atoms with Gasteiger partial charge in [0.2, 0.25) is 0 Å². The molecule has 4 N–H and O–H groups in total. The molecule has 0 radical (unpaired) electrons. The maximum atomic E-state index is 12.2. The Balaban J connectivity index is 2.33. The van der Waals surface area contributed by atoms with Crippen LogP contribution < -0.4 is 16.6 Å². The Morgan fingerprint density at radius 1 is 1.13 bits per heavy atom. The molecule has 1 aromatic carbocycles. The van der Waals surface area contributed by atoms with Gasteiger partial charge in [0.1, 0.15) is 11.6 Å². The molecule has 0 atom stereocenters. The van der Waals surface area contributed by atoms with E-state index in [4.69, 9.17) is 5.73 Å². The van der Waals surface area contributed by atoms with Gasteiger partial charge in [0, 0.05) is 18.2 Å². The van der Waals surface area contributed by atoms with Crippen LogP contribution in [-0.2, 0) is 0 Å². The fourth-order valence-corrected chi connectivity index (χ4v) is 2.36. The Morgan fingerprint density at radius 3 is 2.48 bits per heavy atom. The highest BCUT2D eigenvalue weighted by Crippen LogP contribution is 2.27. The van der Waals surface area contributed by atoms with Crippen LogP contribution in [0, 0.1) is 10.1 Å². The summed E-state index contributed by atoms with van der Waals surface area (Å²) < 4.78 is 0.809. The third-order valence-electron chi connectivity index (χ3n) is 3.31. The minimum absolute atomic E-state index is 0.103. The Kier molecular flexibility index (Phi) is 2.89. The molecule has 0 unspecified atom stereocenters. The second-order valence-electron chi connectivity index (χ2n) is 4.74. The third kappa shape index (κ3) is 2.09. The van der Waals surface area contributed by atoms with Crippen LogP contribution in [-0.4, -0.2) is 26.4 Å². The second-order valence-corrected chi connectivity index (χ2v) is 4.74. The third-order valence-corrected chi connectivity index (χ3v) is 3.31. The Morgan fingerprint density at radius 2 is 1.83 bits per heavy atom. The predicted octanol–water partition coefficient (Wildman–Crippen LogP) is -0.0829. The van der Waals surface area contributed by atoms with Crippen LogP contribution in [0.3, 0.4) is 0 Å². The number of phenolic OH excluding ortho intramolecular Hbond substituents is 1. The van der Waals surface area contributed by atoms with Gasteiger partial charge in [0.05, 0.1) is 27.8 Å². The quantitative estimate of drug-likeness (QED) is 0.397. The number of nitro benzene ring substituents is 1. The minimum atomic E-state index is -0.772. The molecule has 10 heteroatoms. The van der Waals surface area contributed by atoms with Crippen molar-refractivity contribution in [2.45, 2.75) is 0 Å². The Bertz CT molecular complexity index is 962. The number of fused-ring (bicyclic) bond motifs is 1. The van der Waals surface area contributed by atoms with Gasteiger partial charge >= 0.3 is 0 Å². The normalized spacial score (nSPS) is 12.9. The van der Waals surface area contributed by atoms with Crippen molar-refractivity contribution in [2.75, 3.05) is 5.73 Å². The van der Waals surface area contributed by atoms with Gasteiger partial charge in [-0.1, -0.05) is 0 Å². The van der Waals surface area contributed by atoms with Gasteiger partial charge < -0.3 is 10.8 Å². The van der Waals surface area contributed by atoms with Crippen molar-refractivity contribution >= 4 is 23.3 Å². The number of nitrogens with one attached hydrogen (secondary N) is 1. The number of aromatic hydroxyl groups is 1. The Labute approximate surface area is 126 Å². The van der Waals surface area contributed by atoms with Crippen LogP contribution in [0.15, 0.2) is 29.1 Å². The molecule has 0 spiro atoms. The first-order valence-electron chi connectivity index (χ1n) is 6.19. The molecule has 0 fully saturated rings. The molecule has 1 aliphatic heterocycles. The summed E-state index contributed by atoms with van der Waals surface area (Å²) in [5.74, 6) is -2.33. The van der Waals surface area contributed by atoms with Gasteiger partial charge in [-0.2, -0.15) is 0 Å². The molecule has 0 aliphatic carbocycles. The van der Waals surface area contributed by atoms with E-state index < -0.39 is 33.7 Å². The number of carbonyl (C=O) groups is 2. The summed E-state index contributed by atoms with van der Waals surface area (Å²) >= 11 is 0. The number of nitrogens with two attached hydrogens (primary N) is 1. The van der Waals surface area contributed by atoms with Crippen LogP contribution >= 0.6 is 0 Å².